The summed E-state index contributed by atoms with van der Waals surface area (Å²) in [7, 11) is 0. The van der Waals surface area contributed by atoms with Gasteiger partial charge >= 0.3 is 0 Å². The minimum absolute atomic E-state index is 0.361. The molecule has 0 fully saturated rings. The van der Waals surface area contributed by atoms with E-state index in [1.165, 1.54) is 0 Å². The van der Waals surface area contributed by atoms with E-state index in [0.29, 0.717) is 5.75 Å². The molecule has 0 aliphatic carbocycles. The average Bonchev–Trinajstić information content (AvgIpc) is 2.03. The molecule has 0 radical (unpaired) electrons. The molecule has 0 saturated heterocycles. The number of rotatable bonds is 2. The Kier molecular flexibility index (Phi) is 2.92. The number of hydrogen-bond acceptors (Lipinski definition) is 1. The lowest BCUT2D eigenvalue weighted by Crippen LogP contribution is -1.76. The Morgan fingerprint density at radius 2 is 2.17 bits per heavy atom. The zero-order chi connectivity index (χ0) is 8.97. The Morgan fingerprint density at radius 3 is 2.75 bits per heavy atom. The Bertz CT molecular complexity index is 287. The lowest BCUT2D eigenvalue weighted by molar-refractivity contribution is 0.473. The van der Waals surface area contributed by atoms with E-state index in [9.17, 15) is 5.11 Å². The molecule has 0 unspecified atom stereocenters. The van der Waals surface area contributed by atoms with Gasteiger partial charge in [-0.1, -0.05) is 31.2 Å². The van der Waals surface area contributed by atoms with Crippen molar-refractivity contribution in [1.82, 2.24) is 0 Å². The van der Waals surface area contributed by atoms with Crippen molar-refractivity contribution in [2.45, 2.75) is 20.3 Å². The van der Waals surface area contributed by atoms with Crippen molar-refractivity contribution in [1.29, 1.82) is 0 Å². The third-order valence-corrected chi connectivity index (χ3v) is 1.72. The van der Waals surface area contributed by atoms with Gasteiger partial charge in [0.15, 0.2) is 0 Å². The largest absolute Gasteiger partial charge is 0.507 e. The van der Waals surface area contributed by atoms with E-state index < -0.39 is 0 Å². The predicted molar refractivity (Wildman–Crippen MR) is 52.2 cm³/mol. The minimum Gasteiger partial charge on any atom is -0.507 e. The molecule has 0 atom stereocenters. The van der Waals surface area contributed by atoms with Crippen LogP contribution in [-0.4, -0.2) is 5.11 Å². The lowest BCUT2D eigenvalue weighted by atomic mass is 10.1. The Balaban J connectivity index is 2.94. The van der Waals surface area contributed by atoms with Crippen molar-refractivity contribution in [2.24, 2.45) is 0 Å². The monoisotopic (exact) mass is 162 g/mol. The van der Waals surface area contributed by atoms with E-state index in [0.717, 1.165) is 17.5 Å². The highest BCUT2D eigenvalue weighted by atomic mass is 16.3. The van der Waals surface area contributed by atoms with E-state index in [-0.39, 0.29) is 0 Å². The topological polar surface area (TPSA) is 20.2 Å². The fourth-order valence-corrected chi connectivity index (χ4v) is 1.04. The first-order chi connectivity index (χ1) is 5.74. The van der Waals surface area contributed by atoms with Crippen molar-refractivity contribution in [2.75, 3.05) is 0 Å². The van der Waals surface area contributed by atoms with E-state index >= 15 is 0 Å². The van der Waals surface area contributed by atoms with Gasteiger partial charge in [0.05, 0.1) is 0 Å². The first-order valence-corrected chi connectivity index (χ1v) is 4.20. The van der Waals surface area contributed by atoms with Crippen LogP contribution in [0.2, 0.25) is 0 Å². The molecule has 0 heterocycles. The van der Waals surface area contributed by atoms with E-state index in [2.05, 4.69) is 6.92 Å². The SMILES string of the molecule is CCC=Cc1ccc(C)cc1O. The third kappa shape index (κ3) is 2.12. The summed E-state index contributed by atoms with van der Waals surface area (Å²) in [6.45, 7) is 4.04. The zero-order valence-electron chi connectivity index (χ0n) is 7.54. The van der Waals surface area contributed by atoms with Gasteiger partial charge < -0.3 is 5.11 Å². The van der Waals surface area contributed by atoms with Crippen LogP contribution in [0.25, 0.3) is 6.08 Å². The highest BCUT2D eigenvalue weighted by Gasteiger charge is 1.95. The first-order valence-electron chi connectivity index (χ1n) is 4.20. The molecule has 0 spiro atoms. The molecule has 0 bridgehead atoms. The molecule has 1 N–H and O–H groups in total. The third-order valence-electron chi connectivity index (χ3n) is 1.72. The molecule has 1 aromatic rings. The fraction of sp³-hybridized carbons (Fsp3) is 0.273. The van der Waals surface area contributed by atoms with Gasteiger partial charge in [-0.05, 0) is 25.0 Å². The first kappa shape index (κ1) is 8.85. The number of aryl methyl sites for hydroxylation is 1. The molecular weight excluding hydrogens is 148 g/mol. The smallest absolute Gasteiger partial charge is 0.123 e. The Hall–Kier alpha value is -1.24. The fourth-order valence-electron chi connectivity index (χ4n) is 1.04. The minimum atomic E-state index is 0.361. The summed E-state index contributed by atoms with van der Waals surface area (Å²) in [4.78, 5) is 0. The maximum Gasteiger partial charge on any atom is 0.123 e. The molecule has 0 aromatic heterocycles. The van der Waals surface area contributed by atoms with Crippen LogP contribution in [0.4, 0.5) is 0 Å². The van der Waals surface area contributed by atoms with Crippen LogP contribution in [0.5, 0.6) is 5.75 Å². The maximum atomic E-state index is 9.47. The molecule has 0 aliphatic rings. The lowest BCUT2D eigenvalue weighted by Gasteiger charge is -1.99. The molecule has 0 aliphatic heterocycles. The van der Waals surface area contributed by atoms with Crippen molar-refractivity contribution < 1.29 is 5.11 Å². The molecule has 1 aromatic carbocycles. The normalized spacial score (nSPS) is 10.8. The molecule has 1 rings (SSSR count). The van der Waals surface area contributed by atoms with Crippen LogP contribution in [0, 0.1) is 6.92 Å². The van der Waals surface area contributed by atoms with Crippen molar-refractivity contribution in [3.8, 4) is 5.75 Å². The number of allylic oxidation sites excluding steroid dienone is 1. The summed E-state index contributed by atoms with van der Waals surface area (Å²) >= 11 is 0. The number of hydrogen-bond donors (Lipinski definition) is 1. The van der Waals surface area contributed by atoms with E-state index in [1.54, 1.807) is 6.07 Å². The second-order valence-electron chi connectivity index (χ2n) is 2.87. The van der Waals surface area contributed by atoms with Gasteiger partial charge in [0, 0.05) is 5.56 Å². The van der Waals surface area contributed by atoms with Crippen LogP contribution in [-0.2, 0) is 0 Å². The highest BCUT2D eigenvalue weighted by Crippen LogP contribution is 2.19. The predicted octanol–water partition coefficient (Wildman–Crippen LogP) is 3.12. The maximum absolute atomic E-state index is 9.47. The molecule has 64 valence electrons. The number of aromatic hydroxyl groups is 1. The second-order valence-corrected chi connectivity index (χ2v) is 2.87. The second kappa shape index (κ2) is 3.96. The standard InChI is InChI=1S/C11H14O/c1-3-4-5-10-7-6-9(2)8-11(10)12/h4-8,12H,3H2,1-2H3. The summed E-state index contributed by atoms with van der Waals surface area (Å²) in [5.74, 6) is 0.361. The van der Waals surface area contributed by atoms with Crippen molar-refractivity contribution in [3.63, 3.8) is 0 Å². The number of phenols is 1. The van der Waals surface area contributed by atoms with Gasteiger partial charge in [-0.15, -0.1) is 0 Å². The van der Waals surface area contributed by atoms with Gasteiger partial charge in [-0.3, -0.25) is 0 Å². The van der Waals surface area contributed by atoms with Crippen LogP contribution in [0.1, 0.15) is 24.5 Å². The summed E-state index contributed by atoms with van der Waals surface area (Å²) in [6, 6.07) is 5.70. The average molecular weight is 162 g/mol. The van der Waals surface area contributed by atoms with Crippen molar-refractivity contribution >= 4 is 6.08 Å². The Morgan fingerprint density at radius 1 is 1.42 bits per heavy atom. The van der Waals surface area contributed by atoms with Crippen LogP contribution in [0.15, 0.2) is 24.3 Å². The van der Waals surface area contributed by atoms with E-state index in [4.69, 9.17) is 0 Å². The molecular formula is C11H14O. The number of phenolic OH excluding ortho intramolecular Hbond substituents is 1. The molecule has 1 nitrogen and oxygen atoms in total. The number of benzene rings is 1. The molecule has 0 saturated carbocycles. The van der Waals surface area contributed by atoms with Crippen molar-refractivity contribution in [3.05, 3.63) is 35.4 Å². The van der Waals surface area contributed by atoms with Gasteiger partial charge in [-0.2, -0.15) is 0 Å². The van der Waals surface area contributed by atoms with E-state index in [1.807, 2.05) is 31.2 Å². The Labute approximate surface area is 73.4 Å². The van der Waals surface area contributed by atoms with Gasteiger partial charge in [0.25, 0.3) is 0 Å². The van der Waals surface area contributed by atoms with Gasteiger partial charge in [-0.25, -0.2) is 0 Å². The summed E-state index contributed by atoms with van der Waals surface area (Å²) < 4.78 is 0. The molecule has 12 heavy (non-hydrogen) atoms. The summed E-state index contributed by atoms with van der Waals surface area (Å²) in [5, 5.41) is 9.47. The van der Waals surface area contributed by atoms with Crippen LogP contribution in [0.3, 0.4) is 0 Å². The zero-order valence-corrected chi connectivity index (χ0v) is 7.54. The van der Waals surface area contributed by atoms with Crippen LogP contribution >= 0.6 is 0 Å². The quantitative estimate of drug-likeness (QED) is 0.708. The van der Waals surface area contributed by atoms with Gasteiger partial charge in [0.2, 0.25) is 0 Å². The van der Waals surface area contributed by atoms with Gasteiger partial charge in [0.1, 0.15) is 5.75 Å². The van der Waals surface area contributed by atoms with Crippen LogP contribution < -0.4 is 0 Å². The molecule has 1 heteroatoms. The summed E-state index contributed by atoms with van der Waals surface area (Å²) in [6.07, 6.45) is 4.96. The summed E-state index contributed by atoms with van der Waals surface area (Å²) in [5.41, 5.74) is 1.98. The molecule has 0 amide bonds. The highest BCUT2D eigenvalue weighted by molar-refractivity contribution is 5.57.